The quantitative estimate of drug-likeness (QED) is 0.111. The predicted molar refractivity (Wildman–Crippen MR) is 240 cm³/mol. The summed E-state index contributed by atoms with van der Waals surface area (Å²) < 4.78 is 69.7. The second-order valence-electron chi connectivity index (χ2n) is 16.1. The highest BCUT2D eigenvalue weighted by Crippen LogP contribution is 2.59. The Labute approximate surface area is 409 Å². The van der Waals surface area contributed by atoms with Gasteiger partial charge in [0.2, 0.25) is 0 Å². The SMILES string of the molecule is CC(=O)Oc1cc(OC(C)=O)c2c(c1)O[C@H](c1ccc(OC(C)=O)c(OC(C)=O)c1)[C@@H](OC(C)=O)[C@@H]2c1c(OC(C)=O)cc(OC(C)=O)c2c1O[C@H](c1ccc(OC(C)=O)c(OC(C)=O)c1)[C@@H](OC(C)=O)C2. The van der Waals surface area contributed by atoms with Gasteiger partial charge in [0.25, 0.3) is 0 Å². The van der Waals surface area contributed by atoms with Gasteiger partial charge in [-0.2, -0.15) is 0 Å². The number of hydrogen-bond acceptors (Lipinski definition) is 22. The molecule has 0 radical (unpaired) electrons. The largest absolute Gasteiger partial charge is 0.481 e. The number of fused-ring (bicyclic) bond motifs is 2. The van der Waals surface area contributed by atoms with Crippen LogP contribution in [0.25, 0.3) is 0 Å². The first kappa shape index (κ1) is 52.5. The Morgan fingerprint density at radius 2 is 0.833 bits per heavy atom. The normalized spacial score (nSPS) is 17.3. The van der Waals surface area contributed by atoms with Crippen LogP contribution in [-0.2, 0) is 63.8 Å². The van der Waals surface area contributed by atoms with Crippen molar-refractivity contribution in [3.05, 3.63) is 82.4 Å². The molecule has 0 amide bonds. The Balaban J connectivity index is 1.78. The van der Waals surface area contributed by atoms with E-state index in [-0.39, 0.29) is 86.0 Å². The van der Waals surface area contributed by atoms with E-state index in [0.717, 1.165) is 69.2 Å². The summed E-state index contributed by atoms with van der Waals surface area (Å²) in [5, 5.41) is 0. The van der Waals surface area contributed by atoms with Crippen molar-refractivity contribution in [2.24, 2.45) is 0 Å². The van der Waals surface area contributed by atoms with Gasteiger partial charge in [-0.15, -0.1) is 0 Å². The Morgan fingerprint density at radius 1 is 0.403 bits per heavy atom. The van der Waals surface area contributed by atoms with Crippen molar-refractivity contribution < 1.29 is 105 Å². The molecule has 22 nitrogen and oxygen atoms in total. The number of carbonyl (C=O) groups excluding carboxylic acids is 10. The molecule has 0 saturated carbocycles. The van der Waals surface area contributed by atoms with Crippen LogP contribution in [0.1, 0.15) is 115 Å². The molecule has 0 aliphatic carbocycles. The molecule has 378 valence electrons. The lowest BCUT2D eigenvalue weighted by Gasteiger charge is -2.42. The van der Waals surface area contributed by atoms with Crippen molar-refractivity contribution in [2.75, 3.05) is 0 Å². The third kappa shape index (κ3) is 12.5. The lowest BCUT2D eigenvalue weighted by Crippen LogP contribution is -2.40. The van der Waals surface area contributed by atoms with Crippen LogP contribution in [0.4, 0.5) is 0 Å². The van der Waals surface area contributed by atoms with E-state index in [9.17, 15) is 47.9 Å². The molecule has 0 saturated heterocycles. The molecule has 22 heteroatoms. The molecule has 0 N–H and O–H groups in total. The van der Waals surface area contributed by atoms with Crippen LogP contribution in [-0.4, -0.2) is 71.9 Å². The van der Waals surface area contributed by atoms with Crippen molar-refractivity contribution in [1.29, 1.82) is 0 Å². The maximum atomic E-state index is 13.5. The molecule has 72 heavy (non-hydrogen) atoms. The van der Waals surface area contributed by atoms with Gasteiger partial charge >= 0.3 is 59.7 Å². The van der Waals surface area contributed by atoms with E-state index in [1.54, 1.807) is 0 Å². The van der Waals surface area contributed by atoms with E-state index >= 15 is 0 Å². The molecular formula is C50H46O22. The lowest BCUT2D eigenvalue weighted by molar-refractivity contribution is -0.154. The first-order chi connectivity index (χ1) is 33.9. The molecule has 2 aliphatic rings. The van der Waals surface area contributed by atoms with Crippen molar-refractivity contribution in [3.8, 4) is 57.5 Å². The van der Waals surface area contributed by atoms with Crippen LogP contribution in [0.15, 0.2) is 54.6 Å². The van der Waals surface area contributed by atoms with E-state index in [1.165, 1.54) is 54.6 Å². The minimum Gasteiger partial charge on any atom is -0.481 e. The molecular weight excluding hydrogens is 953 g/mol. The van der Waals surface area contributed by atoms with E-state index in [1.807, 2.05) is 0 Å². The summed E-state index contributed by atoms with van der Waals surface area (Å²) in [6.07, 6.45) is -6.27. The molecule has 6 rings (SSSR count). The Bertz CT molecular complexity index is 2930. The molecule has 0 fully saturated rings. The maximum Gasteiger partial charge on any atom is 0.308 e. The van der Waals surface area contributed by atoms with Crippen LogP contribution in [0.3, 0.4) is 0 Å². The predicted octanol–water partition coefficient (Wildman–Crippen LogP) is 5.89. The number of benzene rings is 4. The zero-order chi connectivity index (χ0) is 52.9. The summed E-state index contributed by atoms with van der Waals surface area (Å²) in [5.41, 5.74) is -0.0622. The number of carbonyl (C=O) groups is 10. The minimum atomic E-state index is -1.68. The van der Waals surface area contributed by atoms with Crippen molar-refractivity contribution in [1.82, 2.24) is 0 Å². The highest BCUT2D eigenvalue weighted by Gasteiger charge is 2.50. The van der Waals surface area contributed by atoms with Crippen LogP contribution in [0.5, 0.6) is 57.5 Å². The van der Waals surface area contributed by atoms with Crippen LogP contribution in [0, 0.1) is 0 Å². The Kier molecular flexibility index (Phi) is 16.0. The number of hydrogen-bond donors (Lipinski definition) is 0. The van der Waals surface area contributed by atoms with Crippen molar-refractivity contribution in [3.63, 3.8) is 0 Å². The monoisotopic (exact) mass is 998 g/mol. The molecule has 0 bridgehead atoms. The molecule has 4 aromatic rings. The fourth-order valence-electron chi connectivity index (χ4n) is 8.12. The van der Waals surface area contributed by atoms with Crippen LogP contribution >= 0.6 is 0 Å². The average Bonchev–Trinajstić information content (AvgIpc) is 3.23. The highest BCUT2D eigenvalue weighted by molar-refractivity contribution is 5.79. The molecule has 0 aromatic heterocycles. The summed E-state index contributed by atoms with van der Waals surface area (Å²) >= 11 is 0. The highest BCUT2D eigenvalue weighted by atomic mass is 16.6. The van der Waals surface area contributed by atoms with Gasteiger partial charge in [0.05, 0.1) is 5.92 Å². The molecule has 0 unspecified atom stereocenters. The second-order valence-corrected chi connectivity index (χ2v) is 16.1. The summed E-state index contributed by atoms with van der Waals surface area (Å²) in [5.74, 6) is -12.6. The number of rotatable bonds is 13. The standard InChI is InChI=1S/C50H46O22/c1-21(51)61-33-17-40(67-27(7)57)44-41(18-33)71-48(32-12-14-36(63-23(3)53)39(16-32)66-26(6)56)50(70-30(10)60)46(44)45-42(68-28(8)58)20-37(64-24(4)54)34-19-43(69-29(9)59)47(72-49(34)45)31-11-13-35(62-22(2)52)38(15-31)65-25(5)55/h11-18,20,43,46-48,50H,19H2,1-10H3/t43-,46-,47+,48+,50-/m0/s1. The van der Waals surface area contributed by atoms with Crippen LogP contribution in [0.2, 0.25) is 0 Å². The minimum absolute atomic E-state index is 0.00922. The van der Waals surface area contributed by atoms with Gasteiger partial charge in [0, 0.05) is 122 Å². The fourth-order valence-corrected chi connectivity index (χ4v) is 8.12. The summed E-state index contributed by atoms with van der Waals surface area (Å²) in [6, 6.07) is 11.5. The van der Waals surface area contributed by atoms with Gasteiger partial charge in [-0.05, 0) is 24.3 Å². The Morgan fingerprint density at radius 3 is 1.31 bits per heavy atom. The first-order valence-electron chi connectivity index (χ1n) is 21.7. The fraction of sp³-hybridized carbons (Fsp3) is 0.320. The molecule has 0 spiro atoms. The zero-order valence-corrected chi connectivity index (χ0v) is 40.3. The van der Waals surface area contributed by atoms with E-state index in [4.69, 9.17) is 56.8 Å². The second kappa shape index (κ2) is 21.9. The lowest BCUT2D eigenvalue weighted by atomic mass is 9.77. The summed E-state index contributed by atoms with van der Waals surface area (Å²) in [7, 11) is 0. The number of ether oxygens (including phenoxy) is 12. The summed E-state index contributed by atoms with van der Waals surface area (Å²) in [4.78, 5) is 127. The third-order valence-electron chi connectivity index (χ3n) is 10.2. The van der Waals surface area contributed by atoms with Gasteiger partial charge in [-0.3, -0.25) is 47.9 Å². The zero-order valence-electron chi connectivity index (χ0n) is 40.3. The smallest absolute Gasteiger partial charge is 0.308 e. The van der Waals surface area contributed by atoms with E-state index < -0.39 is 95.8 Å². The van der Waals surface area contributed by atoms with E-state index in [2.05, 4.69) is 0 Å². The number of esters is 10. The summed E-state index contributed by atoms with van der Waals surface area (Å²) in [6.45, 7) is 10.9. The van der Waals surface area contributed by atoms with Gasteiger partial charge in [0.15, 0.2) is 41.3 Å². The van der Waals surface area contributed by atoms with Gasteiger partial charge in [0.1, 0.15) is 40.6 Å². The Hall–Kier alpha value is -8.82. The first-order valence-corrected chi connectivity index (χ1v) is 21.7. The topological polar surface area (TPSA) is 281 Å². The third-order valence-corrected chi connectivity index (χ3v) is 10.2. The van der Waals surface area contributed by atoms with E-state index in [0.29, 0.717) is 0 Å². The van der Waals surface area contributed by atoms with Crippen molar-refractivity contribution >= 4 is 59.7 Å². The van der Waals surface area contributed by atoms with Crippen LogP contribution < -0.4 is 47.4 Å². The van der Waals surface area contributed by atoms with Gasteiger partial charge in [-0.1, -0.05) is 12.1 Å². The molecule has 2 heterocycles. The van der Waals surface area contributed by atoms with Gasteiger partial charge < -0.3 is 56.8 Å². The van der Waals surface area contributed by atoms with Gasteiger partial charge in [-0.25, -0.2) is 0 Å². The maximum absolute atomic E-state index is 13.5. The molecule has 4 aromatic carbocycles. The molecule has 5 atom stereocenters. The molecule has 2 aliphatic heterocycles. The average molecular weight is 999 g/mol. The van der Waals surface area contributed by atoms with Crippen molar-refractivity contribution in [2.45, 2.75) is 106 Å².